The number of nitrogens with two attached hydrogens (primary N) is 1. The minimum Gasteiger partial charge on any atom is -0.481 e. The fraction of sp³-hybridized carbons (Fsp3) is 0.583. The summed E-state index contributed by atoms with van der Waals surface area (Å²) in [6, 6.07) is -0.379. The van der Waals surface area contributed by atoms with E-state index in [1.54, 1.807) is 0 Å². The van der Waals surface area contributed by atoms with E-state index in [0.717, 1.165) is 24.1 Å². The molecule has 0 spiro atoms. The van der Waals surface area contributed by atoms with Crippen LogP contribution in [0.4, 0.5) is 0 Å². The van der Waals surface area contributed by atoms with E-state index in [2.05, 4.69) is 4.98 Å². The predicted octanol–water partition coefficient (Wildman–Crippen LogP) is 1.68. The van der Waals surface area contributed by atoms with Gasteiger partial charge in [-0.05, 0) is 43.7 Å². The van der Waals surface area contributed by atoms with Gasteiger partial charge in [0.2, 0.25) is 0 Å². The molecule has 1 atom stereocenters. The number of carboxylic acid groups (broad SMARTS) is 1. The van der Waals surface area contributed by atoms with Crippen molar-refractivity contribution in [2.24, 2.45) is 5.73 Å². The number of hydrogen-bond acceptors (Lipinski definition) is 2. The molecule has 0 aromatic carbocycles. The van der Waals surface area contributed by atoms with Crippen LogP contribution in [-0.2, 0) is 17.6 Å². The molecule has 0 bridgehead atoms. The van der Waals surface area contributed by atoms with Gasteiger partial charge in [0.05, 0.1) is 6.42 Å². The van der Waals surface area contributed by atoms with Crippen LogP contribution in [0.3, 0.4) is 0 Å². The molecule has 1 unspecified atom stereocenters. The normalized spacial score (nSPS) is 16.9. The van der Waals surface area contributed by atoms with Gasteiger partial charge in [-0.25, -0.2) is 0 Å². The molecule has 0 aliphatic heterocycles. The average Bonchev–Trinajstić information content (AvgIpc) is 2.52. The highest BCUT2D eigenvalue weighted by Gasteiger charge is 2.23. The van der Waals surface area contributed by atoms with Gasteiger partial charge < -0.3 is 15.8 Å². The number of hydrogen-bond donors (Lipinski definition) is 3. The number of aliphatic carboxylic acids is 1. The van der Waals surface area contributed by atoms with Gasteiger partial charge in [-0.3, -0.25) is 4.79 Å². The minimum atomic E-state index is -0.836. The van der Waals surface area contributed by atoms with Gasteiger partial charge in [-0.15, -0.1) is 0 Å². The van der Waals surface area contributed by atoms with Crippen molar-refractivity contribution in [2.75, 3.05) is 0 Å². The van der Waals surface area contributed by atoms with Crippen molar-refractivity contribution in [1.29, 1.82) is 0 Å². The molecule has 4 heteroatoms. The zero-order chi connectivity index (χ0) is 11.7. The maximum atomic E-state index is 10.7. The molecule has 1 aromatic rings. The summed E-state index contributed by atoms with van der Waals surface area (Å²) in [6.45, 7) is 1.98. The van der Waals surface area contributed by atoms with Crippen molar-refractivity contribution in [3.8, 4) is 0 Å². The van der Waals surface area contributed by atoms with Crippen LogP contribution >= 0.6 is 0 Å². The summed E-state index contributed by atoms with van der Waals surface area (Å²) in [7, 11) is 0. The highest BCUT2D eigenvalue weighted by atomic mass is 16.4. The summed E-state index contributed by atoms with van der Waals surface area (Å²) in [5.41, 5.74) is 10.6. The van der Waals surface area contributed by atoms with Crippen LogP contribution in [0.25, 0.3) is 0 Å². The molecule has 0 saturated heterocycles. The lowest BCUT2D eigenvalue weighted by Crippen LogP contribution is -2.17. The number of fused-ring (bicyclic) bond motifs is 1. The molecular formula is C12H18N2O2. The second kappa shape index (κ2) is 4.29. The van der Waals surface area contributed by atoms with E-state index in [9.17, 15) is 4.79 Å². The van der Waals surface area contributed by atoms with Crippen molar-refractivity contribution in [2.45, 2.75) is 45.1 Å². The monoisotopic (exact) mass is 222 g/mol. The summed E-state index contributed by atoms with van der Waals surface area (Å²) >= 11 is 0. The third-order valence-electron chi connectivity index (χ3n) is 3.30. The fourth-order valence-corrected chi connectivity index (χ4v) is 2.65. The SMILES string of the molecule is Cc1[nH]c2c(c1C(N)CC(=O)O)CCCC2. The van der Waals surface area contributed by atoms with Crippen molar-refractivity contribution in [1.82, 2.24) is 4.98 Å². The lowest BCUT2D eigenvalue weighted by atomic mass is 9.91. The van der Waals surface area contributed by atoms with E-state index >= 15 is 0 Å². The standard InChI is InChI=1S/C12H18N2O2/c1-7-12(9(13)6-11(15)16)8-4-2-3-5-10(8)14-7/h9,14H,2-6,13H2,1H3,(H,15,16). The van der Waals surface area contributed by atoms with Crippen LogP contribution in [0.15, 0.2) is 0 Å². The zero-order valence-corrected chi connectivity index (χ0v) is 9.55. The van der Waals surface area contributed by atoms with Crippen LogP contribution in [0.2, 0.25) is 0 Å². The van der Waals surface area contributed by atoms with Gasteiger partial charge in [0, 0.05) is 17.4 Å². The van der Waals surface area contributed by atoms with Gasteiger partial charge >= 0.3 is 5.97 Å². The Kier molecular flexibility index (Phi) is 3.01. The number of aromatic amines is 1. The van der Waals surface area contributed by atoms with E-state index in [-0.39, 0.29) is 12.5 Å². The first-order valence-electron chi connectivity index (χ1n) is 5.77. The molecule has 0 radical (unpaired) electrons. The maximum Gasteiger partial charge on any atom is 0.305 e. The fourth-order valence-electron chi connectivity index (χ4n) is 2.65. The summed E-state index contributed by atoms with van der Waals surface area (Å²) in [6.07, 6.45) is 4.49. The minimum absolute atomic E-state index is 0.00509. The predicted molar refractivity (Wildman–Crippen MR) is 61.4 cm³/mol. The summed E-state index contributed by atoms with van der Waals surface area (Å²) in [5, 5.41) is 8.79. The number of rotatable bonds is 3. The quantitative estimate of drug-likeness (QED) is 0.728. The van der Waals surface area contributed by atoms with Crippen molar-refractivity contribution < 1.29 is 9.90 Å². The van der Waals surface area contributed by atoms with E-state index in [4.69, 9.17) is 10.8 Å². The molecule has 4 nitrogen and oxygen atoms in total. The number of carboxylic acids is 1. The third kappa shape index (κ3) is 1.97. The number of nitrogens with one attached hydrogen (secondary N) is 1. The van der Waals surface area contributed by atoms with Crippen molar-refractivity contribution in [3.63, 3.8) is 0 Å². The summed E-state index contributed by atoms with van der Waals surface area (Å²) in [5.74, 6) is -0.836. The Bertz CT molecular complexity index is 409. The van der Waals surface area contributed by atoms with E-state index in [0.29, 0.717) is 0 Å². The molecule has 1 aliphatic rings. The Morgan fingerprint density at radius 2 is 2.19 bits per heavy atom. The number of H-pyrrole nitrogens is 1. The first kappa shape index (κ1) is 11.2. The molecule has 1 aliphatic carbocycles. The smallest absolute Gasteiger partial charge is 0.305 e. The highest BCUT2D eigenvalue weighted by molar-refractivity contribution is 5.68. The molecule has 4 N–H and O–H groups in total. The number of aromatic nitrogens is 1. The molecule has 88 valence electrons. The second-order valence-electron chi connectivity index (χ2n) is 4.53. The maximum absolute atomic E-state index is 10.7. The molecule has 1 aromatic heterocycles. The van der Waals surface area contributed by atoms with Crippen LogP contribution in [-0.4, -0.2) is 16.1 Å². The molecule has 2 rings (SSSR count). The van der Waals surface area contributed by atoms with Crippen molar-refractivity contribution in [3.05, 3.63) is 22.5 Å². The van der Waals surface area contributed by atoms with Crippen LogP contribution in [0.5, 0.6) is 0 Å². The van der Waals surface area contributed by atoms with Gasteiger partial charge in [-0.1, -0.05) is 0 Å². The Balaban J connectivity index is 2.32. The Morgan fingerprint density at radius 1 is 1.50 bits per heavy atom. The number of carbonyl (C=O) groups is 1. The van der Waals surface area contributed by atoms with Gasteiger partial charge in [-0.2, -0.15) is 0 Å². The van der Waals surface area contributed by atoms with Crippen LogP contribution in [0, 0.1) is 6.92 Å². The molecular weight excluding hydrogens is 204 g/mol. The third-order valence-corrected chi connectivity index (χ3v) is 3.30. The van der Waals surface area contributed by atoms with Gasteiger partial charge in [0.25, 0.3) is 0 Å². The van der Waals surface area contributed by atoms with E-state index < -0.39 is 5.97 Å². The van der Waals surface area contributed by atoms with Crippen LogP contribution < -0.4 is 5.73 Å². The topological polar surface area (TPSA) is 79.1 Å². The Morgan fingerprint density at radius 3 is 2.88 bits per heavy atom. The molecule has 1 heterocycles. The molecule has 0 fully saturated rings. The molecule has 16 heavy (non-hydrogen) atoms. The zero-order valence-electron chi connectivity index (χ0n) is 9.55. The molecule has 0 amide bonds. The second-order valence-corrected chi connectivity index (χ2v) is 4.53. The Hall–Kier alpha value is -1.29. The van der Waals surface area contributed by atoms with Crippen molar-refractivity contribution >= 4 is 5.97 Å². The number of aryl methyl sites for hydroxylation is 2. The first-order valence-corrected chi connectivity index (χ1v) is 5.77. The summed E-state index contributed by atoms with van der Waals surface area (Å²) in [4.78, 5) is 14.0. The average molecular weight is 222 g/mol. The van der Waals surface area contributed by atoms with E-state index in [1.165, 1.54) is 24.1 Å². The van der Waals surface area contributed by atoms with Gasteiger partial charge in [0.1, 0.15) is 0 Å². The largest absolute Gasteiger partial charge is 0.481 e. The highest BCUT2D eigenvalue weighted by Crippen LogP contribution is 2.31. The lowest BCUT2D eigenvalue weighted by Gasteiger charge is -2.16. The first-order chi connectivity index (χ1) is 7.59. The molecule has 0 saturated carbocycles. The summed E-state index contributed by atoms with van der Waals surface area (Å²) < 4.78 is 0. The lowest BCUT2D eigenvalue weighted by molar-refractivity contribution is -0.137. The van der Waals surface area contributed by atoms with E-state index in [1.807, 2.05) is 6.92 Å². The van der Waals surface area contributed by atoms with Gasteiger partial charge in [0.15, 0.2) is 0 Å². The Labute approximate surface area is 94.8 Å². The van der Waals surface area contributed by atoms with Crippen LogP contribution in [0.1, 0.15) is 47.8 Å².